The zero-order chi connectivity index (χ0) is 12.7. The molecule has 18 heavy (non-hydrogen) atoms. The summed E-state index contributed by atoms with van der Waals surface area (Å²) in [7, 11) is 3.71. The molecule has 1 aliphatic heterocycles. The Hall–Kier alpha value is -2.30. The lowest BCUT2D eigenvalue weighted by molar-refractivity contribution is 0.112. The van der Waals surface area contributed by atoms with E-state index in [1.807, 2.05) is 37.2 Å². The van der Waals surface area contributed by atoms with Crippen LogP contribution < -0.4 is 14.4 Å². The molecule has 0 spiro atoms. The summed E-state index contributed by atoms with van der Waals surface area (Å²) in [5.41, 5.74) is 1.35. The lowest BCUT2D eigenvalue weighted by Gasteiger charge is -2.14. The average molecular weight is 244 g/mol. The maximum Gasteiger partial charge on any atom is 0.231 e. The van der Waals surface area contributed by atoms with Gasteiger partial charge in [0, 0.05) is 25.5 Å². The summed E-state index contributed by atoms with van der Waals surface area (Å²) in [6, 6.07) is 5.49. The first-order valence-electron chi connectivity index (χ1n) is 5.56. The van der Waals surface area contributed by atoms with Gasteiger partial charge in [0.1, 0.15) is 5.82 Å². The van der Waals surface area contributed by atoms with Gasteiger partial charge in [0.25, 0.3) is 0 Å². The number of pyridine rings is 1. The standard InChI is InChI=1S/C13H12N2O3/c1-15(2)13-9(6-16)3-8-4-11-12(18-7-17-11)5-10(8)14-13/h3-6H,7H2,1-2H3. The minimum atomic E-state index is 0.229. The summed E-state index contributed by atoms with van der Waals surface area (Å²) in [5, 5.41) is 0.868. The second-order valence-corrected chi connectivity index (χ2v) is 4.31. The highest BCUT2D eigenvalue weighted by molar-refractivity contribution is 5.93. The van der Waals surface area contributed by atoms with Crippen molar-refractivity contribution in [1.29, 1.82) is 0 Å². The number of hydrogen-bond acceptors (Lipinski definition) is 5. The molecule has 0 atom stereocenters. The maximum absolute atomic E-state index is 11.1. The van der Waals surface area contributed by atoms with Crippen LogP contribution in [0.15, 0.2) is 18.2 Å². The molecule has 3 rings (SSSR count). The Bertz CT molecular complexity index is 638. The molecule has 0 fully saturated rings. The van der Waals surface area contributed by atoms with Crippen molar-refractivity contribution in [3.05, 3.63) is 23.8 Å². The molecular weight excluding hydrogens is 232 g/mol. The van der Waals surface area contributed by atoms with Gasteiger partial charge in [-0.15, -0.1) is 0 Å². The van der Waals surface area contributed by atoms with E-state index in [1.54, 1.807) is 0 Å². The molecule has 0 bridgehead atoms. The van der Waals surface area contributed by atoms with Gasteiger partial charge in [-0.1, -0.05) is 0 Å². The van der Waals surface area contributed by atoms with Gasteiger partial charge < -0.3 is 14.4 Å². The Morgan fingerprint density at radius 1 is 1.22 bits per heavy atom. The van der Waals surface area contributed by atoms with Gasteiger partial charge in [-0.25, -0.2) is 4.98 Å². The number of ether oxygens (including phenoxy) is 2. The van der Waals surface area contributed by atoms with Gasteiger partial charge in [-0.3, -0.25) is 4.79 Å². The van der Waals surface area contributed by atoms with Crippen molar-refractivity contribution in [3.8, 4) is 11.5 Å². The molecule has 5 nitrogen and oxygen atoms in total. The van der Waals surface area contributed by atoms with E-state index in [4.69, 9.17) is 9.47 Å². The highest BCUT2D eigenvalue weighted by Crippen LogP contribution is 2.36. The van der Waals surface area contributed by atoms with Crippen LogP contribution >= 0.6 is 0 Å². The van der Waals surface area contributed by atoms with E-state index < -0.39 is 0 Å². The molecule has 0 radical (unpaired) electrons. The molecule has 5 heteroatoms. The number of aromatic nitrogens is 1. The van der Waals surface area contributed by atoms with Crippen molar-refractivity contribution >= 4 is 23.0 Å². The topological polar surface area (TPSA) is 51.7 Å². The van der Waals surface area contributed by atoms with Crippen molar-refractivity contribution in [3.63, 3.8) is 0 Å². The Morgan fingerprint density at radius 3 is 2.61 bits per heavy atom. The Labute approximate surface area is 104 Å². The summed E-state index contributed by atoms with van der Waals surface area (Å²) in [4.78, 5) is 17.4. The lowest BCUT2D eigenvalue weighted by atomic mass is 10.1. The smallest absolute Gasteiger partial charge is 0.231 e. The zero-order valence-corrected chi connectivity index (χ0v) is 10.1. The highest BCUT2D eigenvalue weighted by atomic mass is 16.7. The van der Waals surface area contributed by atoms with Crippen LogP contribution in [0.2, 0.25) is 0 Å². The monoisotopic (exact) mass is 244 g/mol. The number of aldehydes is 1. The lowest BCUT2D eigenvalue weighted by Crippen LogP contribution is -2.13. The fraction of sp³-hybridized carbons (Fsp3) is 0.231. The molecule has 0 saturated heterocycles. The predicted octanol–water partition coefficient (Wildman–Crippen LogP) is 1.84. The van der Waals surface area contributed by atoms with Crippen LogP contribution in [-0.4, -0.2) is 32.2 Å². The summed E-state index contributed by atoms with van der Waals surface area (Å²) < 4.78 is 10.6. The van der Waals surface area contributed by atoms with Gasteiger partial charge in [0.05, 0.1) is 11.1 Å². The van der Waals surface area contributed by atoms with E-state index in [2.05, 4.69) is 4.98 Å². The molecular formula is C13H12N2O3. The number of carbonyl (C=O) groups excluding carboxylic acids is 1. The van der Waals surface area contributed by atoms with Crippen molar-refractivity contribution in [2.24, 2.45) is 0 Å². The van der Waals surface area contributed by atoms with Crippen LogP contribution in [0.1, 0.15) is 10.4 Å². The molecule has 2 heterocycles. The Morgan fingerprint density at radius 2 is 1.94 bits per heavy atom. The molecule has 2 aromatic rings. The molecule has 0 unspecified atom stereocenters. The van der Waals surface area contributed by atoms with Crippen molar-refractivity contribution in [1.82, 2.24) is 4.98 Å². The summed E-state index contributed by atoms with van der Waals surface area (Å²) >= 11 is 0. The van der Waals surface area contributed by atoms with E-state index in [1.165, 1.54) is 0 Å². The molecule has 0 N–H and O–H groups in total. The first kappa shape index (κ1) is 10.8. The van der Waals surface area contributed by atoms with Gasteiger partial charge in [-0.05, 0) is 12.1 Å². The van der Waals surface area contributed by atoms with E-state index in [9.17, 15) is 4.79 Å². The second kappa shape index (κ2) is 3.87. The van der Waals surface area contributed by atoms with Crippen molar-refractivity contribution in [2.45, 2.75) is 0 Å². The summed E-state index contributed by atoms with van der Waals surface area (Å²) in [5.74, 6) is 2.04. The Balaban J connectivity index is 2.27. The number of carbonyl (C=O) groups is 1. The SMILES string of the molecule is CN(C)c1nc2cc3c(cc2cc1C=O)OCO3. The number of benzene rings is 1. The van der Waals surface area contributed by atoms with Gasteiger partial charge in [-0.2, -0.15) is 0 Å². The van der Waals surface area contributed by atoms with Crippen LogP contribution in [0.25, 0.3) is 10.9 Å². The molecule has 92 valence electrons. The number of anilines is 1. The normalized spacial score (nSPS) is 12.8. The maximum atomic E-state index is 11.1. The van der Waals surface area contributed by atoms with Gasteiger partial charge >= 0.3 is 0 Å². The van der Waals surface area contributed by atoms with Crippen LogP contribution in [0.4, 0.5) is 5.82 Å². The van der Waals surface area contributed by atoms with E-state index in [0.29, 0.717) is 22.9 Å². The first-order valence-corrected chi connectivity index (χ1v) is 5.56. The third kappa shape index (κ3) is 1.55. The molecule has 0 amide bonds. The molecule has 1 aliphatic rings. The van der Waals surface area contributed by atoms with Crippen molar-refractivity contribution in [2.75, 3.05) is 25.8 Å². The van der Waals surface area contributed by atoms with Crippen LogP contribution in [0.3, 0.4) is 0 Å². The van der Waals surface area contributed by atoms with E-state index >= 15 is 0 Å². The third-order valence-corrected chi connectivity index (χ3v) is 2.87. The number of nitrogens with zero attached hydrogens (tertiary/aromatic N) is 2. The van der Waals surface area contributed by atoms with Crippen molar-refractivity contribution < 1.29 is 14.3 Å². The second-order valence-electron chi connectivity index (χ2n) is 4.31. The fourth-order valence-electron chi connectivity index (χ4n) is 2.02. The zero-order valence-electron chi connectivity index (χ0n) is 10.1. The Kier molecular flexibility index (Phi) is 2.33. The highest BCUT2D eigenvalue weighted by Gasteiger charge is 2.16. The summed E-state index contributed by atoms with van der Waals surface area (Å²) in [6.45, 7) is 0.229. The first-order chi connectivity index (χ1) is 8.69. The number of fused-ring (bicyclic) bond motifs is 2. The number of hydrogen-bond donors (Lipinski definition) is 0. The van der Waals surface area contributed by atoms with Crippen LogP contribution in [-0.2, 0) is 0 Å². The molecule has 0 aliphatic carbocycles. The fourth-order valence-corrected chi connectivity index (χ4v) is 2.02. The molecule has 0 saturated carbocycles. The largest absolute Gasteiger partial charge is 0.454 e. The van der Waals surface area contributed by atoms with Crippen LogP contribution in [0.5, 0.6) is 11.5 Å². The quantitative estimate of drug-likeness (QED) is 0.754. The number of rotatable bonds is 2. The minimum Gasteiger partial charge on any atom is -0.454 e. The van der Waals surface area contributed by atoms with E-state index in [-0.39, 0.29) is 6.79 Å². The van der Waals surface area contributed by atoms with Crippen LogP contribution in [0, 0.1) is 0 Å². The minimum absolute atomic E-state index is 0.229. The van der Waals surface area contributed by atoms with Gasteiger partial charge in [0.15, 0.2) is 17.8 Å². The molecule has 1 aromatic carbocycles. The third-order valence-electron chi connectivity index (χ3n) is 2.87. The molecule has 1 aromatic heterocycles. The average Bonchev–Trinajstić information content (AvgIpc) is 2.81. The predicted molar refractivity (Wildman–Crippen MR) is 67.6 cm³/mol. The van der Waals surface area contributed by atoms with E-state index in [0.717, 1.165) is 17.2 Å². The summed E-state index contributed by atoms with van der Waals surface area (Å²) in [6.07, 6.45) is 0.812. The van der Waals surface area contributed by atoms with Gasteiger partial charge in [0.2, 0.25) is 6.79 Å².